The number of hydrogen-bond donors (Lipinski definition) is 3. The van der Waals surface area contributed by atoms with Crippen molar-refractivity contribution in [2.75, 3.05) is 12.4 Å². The maximum Gasteiger partial charge on any atom is 0.297 e. The van der Waals surface area contributed by atoms with E-state index in [2.05, 4.69) is 15.5 Å². The Kier molecular flexibility index (Phi) is 7.89. The summed E-state index contributed by atoms with van der Waals surface area (Å²) in [6.07, 6.45) is 0.202. The molecule has 0 saturated carbocycles. The lowest BCUT2D eigenvalue weighted by Gasteiger charge is -2.13. The number of nitrogens with zero attached hydrogens (tertiary/aromatic N) is 2. The van der Waals surface area contributed by atoms with Gasteiger partial charge in [-0.15, -0.1) is 10.2 Å². The number of nitrogens with one attached hydrogen (secondary N) is 1. The van der Waals surface area contributed by atoms with Crippen LogP contribution in [0, 0.1) is 0 Å². The van der Waals surface area contributed by atoms with Gasteiger partial charge in [-0.25, -0.2) is 0 Å². The molecular weight excluding hydrogens is 553 g/mol. The molecule has 0 bridgehead atoms. The minimum Gasteiger partial charge on any atom is -0.505 e. The van der Waals surface area contributed by atoms with Crippen molar-refractivity contribution in [3.8, 4) is 11.5 Å². The van der Waals surface area contributed by atoms with E-state index in [9.17, 15) is 22.9 Å². The summed E-state index contributed by atoms with van der Waals surface area (Å²) in [6, 6.07) is 15.7. The third-order valence-electron chi connectivity index (χ3n) is 5.70. The van der Waals surface area contributed by atoms with E-state index >= 15 is 0 Å². The first-order chi connectivity index (χ1) is 18.0. The minimum absolute atomic E-state index is 0.0828. The first kappa shape index (κ1) is 27.3. The second-order valence-corrected chi connectivity index (χ2v) is 10.2. The van der Waals surface area contributed by atoms with Crippen LogP contribution in [-0.2, 0) is 16.5 Å². The Morgan fingerprint density at radius 2 is 1.79 bits per heavy atom. The fraction of sp³-hybridized carbons (Fsp3) is 0.115. The number of phenols is 1. The standard InChI is InChI=1S/C26H21Cl2N3O6S/c1-3-16-19(28)9-10-20(25(16)38(34,35)36)30-31-23-17-7-5-4-6-14(17)12-18(24(23)32)26(33)29-21-13-15(27)8-11-22(21)37-2/h4-13,32H,3H2,1-2H3,(H,29,33)(H,34,35,36). The fourth-order valence-corrected chi connectivity index (χ4v) is 5.41. The molecule has 0 aromatic heterocycles. The van der Waals surface area contributed by atoms with Gasteiger partial charge in [0.05, 0.1) is 18.4 Å². The number of hydrogen-bond acceptors (Lipinski definition) is 7. The largest absolute Gasteiger partial charge is 0.505 e. The lowest BCUT2D eigenvalue weighted by molar-refractivity contribution is 0.102. The van der Waals surface area contributed by atoms with Gasteiger partial charge in [-0.05, 0) is 53.8 Å². The minimum atomic E-state index is -4.71. The van der Waals surface area contributed by atoms with Crippen molar-refractivity contribution in [3.05, 3.63) is 81.8 Å². The maximum atomic E-state index is 13.2. The Balaban J connectivity index is 1.86. The molecule has 3 N–H and O–H groups in total. The maximum absolute atomic E-state index is 13.2. The molecule has 0 atom stereocenters. The smallest absolute Gasteiger partial charge is 0.297 e. The highest BCUT2D eigenvalue weighted by molar-refractivity contribution is 7.86. The van der Waals surface area contributed by atoms with E-state index in [0.29, 0.717) is 21.5 Å². The van der Waals surface area contributed by atoms with Crippen LogP contribution in [-0.4, -0.2) is 31.1 Å². The normalized spacial score (nSPS) is 11.7. The molecule has 4 aromatic carbocycles. The Morgan fingerprint density at radius 3 is 2.47 bits per heavy atom. The summed E-state index contributed by atoms with van der Waals surface area (Å²) in [5.41, 5.74) is 0.0615. The summed E-state index contributed by atoms with van der Waals surface area (Å²) in [5.74, 6) is -0.817. The number of aromatic hydroxyl groups is 1. The molecular formula is C26H21Cl2N3O6S. The molecule has 0 aliphatic rings. The van der Waals surface area contributed by atoms with Crippen LogP contribution < -0.4 is 10.1 Å². The van der Waals surface area contributed by atoms with Crippen molar-refractivity contribution in [1.82, 2.24) is 0 Å². The molecule has 12 heteroatoms. The van der Waals surface area contributed by atoms with E-state index in [0.717, 1.165) is 0 Å². The van der Waals surface area contributed by atoms with E-state index in [1.165, 1.54) is 31.4 Å². The average Bonchev–Trinajstić information content (AvgIpc) is 2.87. The van der Waals surface area contributed by atoms with Crippen LogP contribution in [0.2, 0.25) is 10.0 Å². The molecule has 0 aliphatic carbocycles. The van der Waals surface area contributed by atoms with Crippen LogP contribution in [0.1, 0.15) is 22.8 Å². The first-order valence-electron chi connectivity index (χ1n) is 11.1. The van der Waals surface area contributed by atoms with Gasteiger partial charge in [0.1, 0.15) is 22.0 Å². The first-order valence-corrected chi connectivity index (χ1v) is 13.3. The van der Waals surface area contributed by atoms with Crippen LogP contribution in [0.4, 0.5) is 17.1 Å². The molecule has 0 aliphatic heterocycles. The van der Waals surface area contributed by atoms with Gasteiger partial charge < -0.3 is 15.2 Å². The second-order valence-electron chi connectivity index (χ2n) is 8.04. The van der Waals surface area contributed by atoms with Crippen molar-refractivity contribution >= 4 is 67.1 Å². The number of carbonyl (C=O) groups is 1. The monoisotopic (exact) mass is 573 g/mol. The number of benzene rings is 4. The summed E-state index contributed by atoms with van der Waals surface area (Å²) in [5, 5.41) is 23.4. The van der Waals surface area contributed by atoms with Gasteiger partial charge >= 0.3 is 0 Å². The van der Waals surface area contributed by atoms with Crippen LogP contribution in [0.5, 0.6) is 11.5 Å². The zero-order valence-corrected chi connectivity index (χ0v) is 22.4. The number of halogens is 2. The third-order valence-corrected chi connectivity index (χ3v) is 7.26. The highest BCUT2D eigenvalue weighted by atomic mass is 35.5. The van der Waals surface area contributed by atoms with E-state index in [4.69, 9.17) is 27.9 Å². The summed E-state index contributed by atoms with van der Waals surface area (Å²) < 4.78 is 39.4. The van der Waals surface area contributed by atoms with Gasteiger partial charge in [0.15, 0.2) is 5.75 Å². The summed E-state index contributed by atoms with van der Waals surface area (Å²) in [6.45, 7) is 1.67. The molecule has 196 valence electrons. The third kappa shape index (κ3) is 5.44. The quantitative estimate of drug-likeness (QED) is 0.156. The summed E-state index contributed by atoms with van der Waals surface area (Å²) in [4.78, 5) is 12.7. The van der Waals surface area contributed by atoms with Crippen LogP contribution in [0.15, 0.2) is 75.8 Å². The Morgan fingerprint density at radius 1 is 1.05 bits per heavy atom. The van der Waals surface area contributed by atoms with Crippen molar-refractivity contribution in [1.29, 1.82) is 0 Å². The number of ether oxygens (including phenoxy) is 1. The average molecular weight is 574 g/mol. The zero-order chi connectivity index (χ0) is 27.6. The van der Waals surface area contributed by atoms with E-state index < -0.39 is 26.7 Å². The number of methoxy groups -OCH3 is 1. The van der Waals surface area contributed by atoms with Crippen molar-refractivity contribution in [2.45, 2.75) is 18.2 Å². The van der Waals surface area contributed by atoms with Gasteiger partial charge in [0.25, 0.3) is 16.0 Å². The molecule has 38 heavy (non-hydrogen) atoms. The Bertz CT molecular complexity index is 1710. The molecule has 9 nitrogen and oxygen atoms in total. The Labute approximate surface area is 228 Å². The SMILES string of the molecule is CCc1c(Cl)ccc(N=Nc2c(O)c(C(=O)Nc3cc(Cl)ccc3OC)cc3ccccc23)c1S(=O)(=O)O. The molecule has 1 amide bonds. The van der Waals surface area contributed by atoms with E-state index in [1.807, 2.05) is 0 Å². The van der Waals surface area contributed by atoms with Crippen LogP contribution in [0.3, 0.4) is 0 Å². The molecule has 0 unspecified atom stereocenters. The molecule has 4 aromatic rings. The van der Waals surface area contributed by atoms with Gasteiger partial charge in [-0.3, -0.25) is 9.35 Å². The predicted octanol–water partition coefficient (Wildman–Crippen LogP) is 7.34. The zero-order valence-electron chi connectivity index (χ0n) is 20.1. The highest BCUT2D eigenvalue weighted by Crippen LogP contribution is 2.41. The van der Waals surface area contributed by atoms with Crippen molar-refractivity contribution in [3.63, 3.8) is 0 Å². The summed E-state index contributed by atoms with van der Waals surface area (Å²) in [7, 11) is -3.27. The number of amides is 1. The molecule has 0 spiro atoms. The van der Waals surface area contributed by atoms with E-state index in [-0.39, 0.29) is 39.6 Å². The van der Waals surface area contributed by atoms with E-state index in [1.54, 1.807) is 43.3 Å². The van der Waals surface area contributed by atoms with Gasteiger partial charge in [0, 0.05) is 15.4 Å². The molecule has 0 radical (unpaired) electrons. The summed E-state index contributed by atoms with van der Waals surface area (Å²) >= 11 is 12.2. The number of anilines is 1. The predicted molar refractivity (Wildman–Crippen MR) is 146 cm³/mol. The van der Waals surface area contributed by atoms with Crippen molar-refractivity contribution in [2.24, 2.45) is 10.2 Å². The molecule has 0 saturated heterocycles. The second kappa shape index (κ2) is 11.0. The topological polar surface area (TPSA) is 138 Å². The number of phenolic OH excluding ortho intramolecular Hbond substituents is 1. The molecule has 0 fully saturated rings. The van der Waals surface area contributed by atoms with Gasteiger partial charge in [0.2, 0.25) is 0 Å². The van der Waals surface area contributed by atoms with Gasteiger partial charge in [-0.1, -0.05) is 54.4 Å². The van der Waals surface area contributed by atoms with Gasteiger partial charge in [-0.2, -0.15) is 8.42 Å². The number of azo groups is 1. The highest BCUT2D eigenvalue weighted by Gasteiger charge is 2.23. The van der Waals surface area contributed by atoms with Crippen LogP contribution >= 0.6 is 23.2 Å². The molecule has 4 rings (SSSR count). The van der Waals surface area contributed by atoms with Crippen LogP contribution in [0.25, 0.3) is 10.8 Å². The number of rotatable bonds is 7. The van der Waals surface area contributed by atoms with Crippen molar-refractivity contribution < 1.29 is 27.6 Å². The number of carbonyl (C=O) groups excluding carboxylic acids is 1. The Hall–Kier alpha value is -3.70. The number of fused-ring (bicyclic) bond motifs is 1. The molecule has 0 heterocycles. The lowest BCUT2D eigenvalue weighted by atomic mass is 10.0. The lowest BCUT2D eigenvalue weighted by Crippen LogP contribution is -2.13. The fourth-order valence-electron chi connectivity index (χ4n) is 3.95.